The Balaban J connectivity index is 1.67. The fourth-order valence-electron chi connectivity index (χ4n) is 3.15. The highest BCUT2D eigenvalue weighted by atomic mass is 35.5. The number of benzene rings is 3. The van der Waals surface area contributed by atoms with Crippen LogP contribution in [0.1, 0.15) is 23.6 Å². The van der Waals surface area contributed by atoms with E-state index < -0.39 is 4.92 Å². The van der Waals surface area contributed by atoms with Crippen LogP contribution in [0.2, 0.25) is 5.02 Å². The molecule has 0 radical (unpaired) electrons. The summed E-state index contributed by atoms with van der Waals surface area (Å²) in [5, 5.41) is 14.7. The predicted molar refractivity (Wildman–Crippen MR) is 124 cm³/mol. The number of nitrogens with zero attached hydrogens (tertiary/aromatic N) is 1. The lowest BCUT2D eigenvalue weighted by atomic mass is 10.1. The maximum absolute atomic E-state index is 10.8. The molecule has 0 unspecified atom stereocenters. The van der Waals surface area contributed by atoms with E-state index in [1.807, 2.05) is 37.3 Å². The van der Waals surface area contributed by atoms with Crippen LogP contribution in [0, 0.1) is 10.1 Å². The highest BCUT2D eigenvalue weighted by Gasteiger charge is 2.13. The Bertz CT molecular complexity index is 1060. The van der Waals surface area contributed by atoms with Gasteiger partial charge in [-0.25, -0.2) is 0 Å². The van der Waals surface area contributed by atoms with Crippen molar-refractivity contribution in [1.29, 1.82) is 0 Å². The molecule has 0 amide bonds. The molecule has 3 aromatic carbocycles. The number of para-hydroxylation sites is 1. The summed E-state index contributed by atoms with van der Waals surface area (Å²) in [5.41, 5.74) is 2.78. The van der Waals surface area contributed by atoms with E-state index >= 15 is 0 Å². The van der Waals surface area contributed by atoms with E-state index in [9.17, 15) is 10.1 Å². The van der Waals surface area contributed by atoms with Gasteiger partial charge in [-0.2, -0.15) is 0 Å². The van der Waals surface area contributed by atoms with Gasteiger partial charge in [0.05, 0.1) is 18.6 Å². The Morgan fingerprint density at radius 2 is 1.62 bits per heavy atom. The first-order chi connectivity index (χ1) is 15.5. The Labute approximate surface area is 192 Å². The molecule has 0 aliphatic carbocycles. The van der Waals surface area contributed by atoms with E-state index in [-0.39, 0.29) is 12.3 Å². The molecule has 8 heteroatoms. The molecule has 0 spiro atoms. The van der Waals surface area contributed by atoms with Crippen LogP contribution in [0.4, 0.5) is 5.69 Å². The van der Waals surface area contributed by atoms with E-state index in [0.717, 1.165) is 22.4 Å². The molecule has 0 saturated heterocycles. The van der Waals surface area contributed by atoms with Crippen LogP contribution < -0.4 is 19.5 Å². The molecule has 0 aliphatic rings. The van der Waals surface area contributed by atoms with E-state index in [4.69, 9.17) is 25.8 Å². The van der Waals surface area contributed by atoms with Gasteiger partial charge < -0.3 is 19.5 Å². The average Bonchev–Trinajstić information content (AvgIpc) is 2.80. The second-order valence-corrected chi connectivity index (χ2v) is 7.36. The molecule has 0 fully saturated rings. The maximum atomic E-state index is 10.8. The molecule has 0 aromatic heterocycles. The standard InChI is InChI=1S/C24H25ClN2O5/c1-3-31-23-12-19(15-26-14-18-6-4-5-7-22(18)30-2)21(25)13-24(23)32-16-17-8-10-20(11-9-17)27(28)29/h4-13,26H,3,14-16H2,1-2H3. The van der Waals surface area contributed by atoms with E-state index in [2.05, 4.69) is 5.32 Å². The number of nitro benzene ring substituents is 1. The quantitative estimate of drug-likeness (QED) is 0.302. The average molecular weight is 457 g/mol. The fourth-order valence-corrected chi connectivity index (χ4v) is 3.37. The second kappa shape index (κ2) is 11.4. The molecule has 0 saturated carbocycles. The summed E-state index contributed by atoms with van der Waals surface area (Å²) in [6.45, 7) is 3.78. The SMILES string of the molecule is CCOc1cc(CNCc2ccccc2OC)c(Cl)cc1OCc1ccc([N+](=O)[O-])cc1. The Hall–Kier alpha value is -3.29. The Kier molecular flexibility index (Phi) is 8.30. The topological polar surface area (TPSA) is 82.9 Å². The molecular weight excluding hydrogens is 432 g/mol. The number of hydrogen-bond acceptors (Lipinski definition) is 6. The van der Waals surface area contributed by atoms with Crippen LogP contribution in [0.5, 0.6) is 17.2 Å². The lowest BCUT2D eigenvalue weighted by Gasteiger charge is -2.16. The first kappa shape index (κ1) is 23.4. The Morgan fingerprint density at radius 1 is 0.938 bits per heavy atom. The highest BCUT2D eigenvalue weighted by Crippen LogP contribution is 2.34. The van der Waals surface area contributed by atoms with Crippen LogP contribution in [-0.4, -0.2) is 18.6 Å². The normalized spacial score (nSPS) is 10.6. The molecule has 168 valence electrons. The van der Waals surface area contributed by atoms with Crippen LogP contribution in [0.25, 0.3) is 0 Å². The number of halogens is 1. The van der Waals surface area contributed by atoms with E-state index in [0.29, 0.717) is 36.2 Å². The van der Waals surface area contributed by atoms with Crippen LogP contribution in [0.15, 0.2) is 60.7 Å². The number of non-ortho nitro benzene ring substituents is 1. The smallest absolute Gasteiger partial charge is 0.269 e. The zero-order valence-electron chi connectivity index (χ0n) is 18.0. The Morgan fingerprint density at radius 3 is 2.31 bits per heavy atom. The molecule has 1 N–H and O–H groups in total. The summed E-state index contributed by atoms with van der Waals surface area (Å²) in [6.07, 6.45) is 0. The van der Waals surface area contributed by atoms with Crippen molar-refractivity contribution in [2.45, 2.75) is 26.6 Å². The molecule has 32 heavy (non-hydrogen) atoms. The van der Waals surface area contributed by atoms with Crippen molar-refractivity contribution < 1.29 is 19.1 Å². The maximum Gasteiger partial charge on any atom is 0.269 e. The summed E-state index contributed by atoms with van der Waals surface area (Å²) in [5.74, 6) is 1.94. The highest BCUT2D eigenvalue weighted by molar-refractivity contribution is 6.31. The van der Waals surface area contributed by atoms with Crippen molar-refractivity contribution in [3.05, 3.63) is 92.5 Å². The number of rotatable bonds is 11. The fraction of sp³-hybridized carbons (Fsp3) is 0.250. The monoisotopic (exact) mass is 456 g/mol. The number of methoxy groups -OCH3 is 1. The third-order valence-corrected chi connectivity index (χ3v) is 5.13. The minimum Gasteiger partial charge on any atom is -0.496 e. The predicted octanol–water partition coefficient (Wildman–Crippen LogP) is 5.52. The number of ether oxygens (including phenoxy) is 3. The van der Waals surface area contributed by atoms with Gasteiger partial charge in [-0.1, -0.05) is 29.8 Å². The first-order valence-corrected chi connectivity index (χ1v) is 10.5. The van der Waals surface area contributed by atoms with Gasteiger partial charge in [0, 0.05) is 41.9 Å². The molecule has 0 bridgehead atoms. The number of nitro groups is 1. The van der Waals surface area contributed by atoms with Gasteiger partial charge in [-0.15, -0.1) is 0 Å². The van der Waals surface area contributed by atoms with Gasteiger partial charge in [0.25, 0.3) is 5.69 Å². The van der Waals surface area contributed by atoms with Gasteiger partial charge in [0.1, 0.15) is 12.4 Å². The summed E-state index contributed by atoms with van der Waals surface area (Å²) in [7, 11) is 1.65. The first-order valence-electron chi connectivity index (χ1n) is 10.2. The molecule has 0 heterocycles. The van der Waals surface area contributed by atoms with Crippen molar-refractivity contribution in [2.24, 2.45) is 0 Å². The molecule has 0 atom stereocenters. The van der Waals surface area contributed by atoms with Crippen LogP contribution >= 0.6 is 11.6 Å². The summed E-state index contributed by atoms with van der Waals surface area (Å²) < 4.78 is 17.0. The van der Waals surface area contributed by atoms with Gasteiger partial charge in [-0.3, -0.25) is 10.1 Å². The third-order valence-electron chi connectivity index (χ3n) is 4.78. The lowest BCUT2D eigenvalue weighted by Crippen LogP contribution is -2.14. The van der Waals surface area contributed by atoms with Gasteiger partial charge in [0.15, 0.2) is 11.5 Å². The summed E-state index contributed by atoms with van der Waals surface area (Å²) >= 11 is 6.50. The van der Waals surface area contributed by atoms with Gasteiger partial charge >= 0.3 is 0 Å². The molecule has 0 aliphatic heterocycles. The molecular formula is C24H25ClN2O5. The van der Waals surface area contributed by atoms with Gasteiger partial charge in [-0.05, 0) is 42.3 Å². The van der Waals surface area contributed by atoms with Crippen LogP contribution in [0.3, 0.4) is 0 Å². The molecule has 3 aromatic rings. The van der Waals surface area contributed by atoms with Crippen LogP contribution in [-0.2, 0) is 19.7 Å². The zero-order valence-corrected chi connectivity index (χ0v) is 18.7. The molecule has 7 nitrogen and oxygen atoms in total. The van der Waals surface area contributed by atoms with Crippen molar-refractivity contribution in [3.8, 4) is 17.2 Å². The van der Waals surface area contributed by atoms with E-state index in [1.165, 1.54) is 12.1 Å². The van der Waals surface area contributed by atoms with Crippen molar-refractivity contribution in [3.63, 3.8) is 0 Å². The minimum absolute atomic E-state index is 0.0387. The largest absolute Gasteiger partial charge is 0.496 e. The lowest BCUT2D eigenvalue weighted by molar-refractivity contribution is -0.384. The van der Waals surface area contributed by atoms with Crippen molar-refractivity contribution in [1.82, 2.24) is 5.32 Å². The summed E-state index contributed by atoms with van der Waals surface area (Å²) in [4.78, 5) is 10.4. The number of hydrogen-bond donors (Lipinski definition) is 1. The van der Waals surface area contributed by atoms with E-state index in [1.54, 1.807) is 25.3 Å². The van der Waals surface area contributed by atoms with Crippen molar-refractivity contribution >= 4 is 17.3 Å². The summed E-state index contributed by atoms with van der Waals surface area (Å²) in [6, 6.07) is 17.7. The van der Waals surface area contributed by atoms with Gasteiger partial charge in [0.2, 0.25) is 0 Å². The minimum atomic E-state index is -0.432. The zero-order chi connectivity index (χ0) is 22.9. The third kappa shape index (κ3) is 6.12. The second-order valence-electron chi connectivity index (χ2n) is 6.95. The molecule has 3 rings (SSSR count). The number of nitrogens with one attached hydrogen (secondary N) is 1. The van der Waals surface area contributed by atoms with Crippen molar-refractivity contribution in [2.75, 3.05) is 13.7 Å².